The summed E-state index contributed by atoms with van der Waals surface area (Å²) in [5, 5.41) is 9.89. The van der Waals surface area contributed by atoms with Crippen LogP contribution in [0.2, 0.25) is 5.28 Å². The lowest BCUT2D eigenvalue weighted by Crippen LogP contribution is -2.26. The monoisotopic (exact) mass is 238 g/mol. The van der Waals surface area contributed by atoms with E-state index in [0.717, 1.165) is 0 Å². The van der Waals surface area contributed by atoms with Crippen molar-refractivity contribution in [2.45, 2.75) is 19.6 Å². The first-order valence-corrected chi connectivity index (χ1v) is 5.30. The molecule has 0 bridgehead atoms. The molecule has 2 rings (SSSR count). The molecule has 1 aromatic heterocycles. The van der Waals surface area contributed by atoms with E-state index in [1.807, 2.05) is 0 Å². The summed E-state index contributed by atoms with van der Waals surface area (Å²) in [5.41, 5.74) is 0.343. The van der Waals surface area contributed by atoms with Gasteiger partial charge in [0.2, 0.25) is 5.28 Å². The Kier molecular flexibility index (Phi) is 2.94. The molecule has 5 heteroatoms. The van der Waals surface area contributed by atoms with E-state index in [0.29, 0.717) is 10.9 Å². The summed E-state index contributed by atoms with van der Waals surface area (Å²) in [7, 11) is 0. The molecule has 1 N–H and O–H groups in total. The summed E-state index contributed by atoms with van der Waals surface area (Å²) in [4.78, 5) is 16.1. The third-order valence-electron chi connectivity index (χ3n) is 2.26. The number of rotatable bonds is 2. The molecule has 1 atom stereocenters. The summed E-state index contributed by atoms with van der Waals surface area (Å²) < 4.78 is 1.27. The molecule has 1 unspecified atom stereocenters. The lowest BCUT2D eigenvalue weighted by atomic mass is 10.2. The molecule has 84 valence electrons. The van der Waals surface area contributed by atoms with E-state index in [1.165, 1.54) is 4.57 Å². The number of halogens is 1. The molecule has 0 amide bonds. The van der Waals surface area contributed by atoms with Crippen LogP contribution in [0.5, 0.6) is 0 Å². The molecule has 0 aliphatic carbocycles. The summed E-state index contributed by atoms with van der Waals surface area (Å²) in [6, 6.07) is 6.99. The van der Waals surface area contributed by atoms with Gasteiger partial charge in [-0.15, -0.1) is 0 Å². The first-order chi connectivity index (χ1) is 7.59. The number of para-hydroxylation sites is 1. The molecule has 2 aromatic rings. The normalized spacial score (nSPS) is 12.9. The molecule has 1 aromatic carbocycles. The summed E-state index contributed by atoms with van der Waals surface area (Å²) in [5.74, 6) is 0. The number of aliphatic hydroxyl groups is 1. The maximum absolute atomic E-state index is 12.0. The highest BCUT2D eigenvalue weighted by atomic mass is 35.5. The molecule has 0 spiro atoms. The molecular weight excluding hydrogens is 228 g/mol. The minimum atomic E-state index is -0.641. The second-order valence-corrected chi connectivity index (χ2v) is 4.00. The van der Waals surface area contributed by atoms with E-state index in [-0.39, 0.29) is 17.4 Å². The standard InChI is InChI=1S/C11H11ClN2O2/c1-7(15)6-14-10(16)8-4-2-3-5-9(8)13-11(14)12/h2-5,7,15H,6H2,1H3. The van der Waals surface area contributed by atoms with Gasteiger partial charge in [-0.25, -0.2) is 4.98 Å². The molecule has 0 fully saturated rings. The maximum atomic E-state index is 12.0. The van der Waals surface area contributed by atoms with Gasteiger partial charge in [-0.05, 0) is 30.7 Å². The first-order valence-electron chi connectivity index (χ1n) is 4.92. The Hall–Kier alpha value is -1.39. The van der Waals surface area contributed by atoms with Crippen LogP contribution in [0.1, 0.15) is 6.92 Å². The van der Waals surface area contributed by atoms with Crippen molar-refractivity contribution < 1.29 is 5.11 Å². The molecule has 0 aliphatic rings. The van der Waals surface area contributed by atoms with Gasteiger partial charge in [0.25, 0.3) is 5.56 Å². The van der Waals surface area contributed by atoms with Crippen LogP contribution in [0.25, 0.3) is 10.9 Å². The summed E-state index contributed by atoms with van der Waals surface area (Å²) in [6.45, 7) is 1.74. The Bertz CT molecular complexity index is 578. The third-order valence-corrected chi connectivity index (χ3v) is 2.55. The Morgan fingerprint density at radius 3 is 2.88 bits per heavy atom. The second-order valence-electron chi connectivity index (χ2n) is 3.66. The Morgan fingerprint density at radius 1 is 1.50 bits per heavy atom. The molecule has 0 radical (unpaired) electrons. The number of aliphatic hydroxyl groups excluding tert-OH is 1. The number of hydrogen-bond acceptors (Lipinski definition) is 3. The van der Waals surface area contributed by atoms with Gasteiger partial charge in [-0.1, -0.05) is 12.1 Å². The largest absolute Gasteiger partial charge is 0.392 e. The van der Waals surface area contributed by atoms with E-state index in [2.05, 4.69) is 4.98 Å². The average molecular weight is 239 g/mol. The van der Waals surface area contributed by atoms with Crippen LogP contribution >= 0.6 is 11.6 Å². The molecule has 0 saturated carbocycles. The molecule has 1 heterocycles. The highest BCUT2D eigenvalue weighted by molar-refractivity contribution is 6.28. The number of fused-ring (bicyclic) bond motifs is 1. The number of nitrogens with zero attached hydrogens (tertiary/aromatic N) is 2. The smallest absolute Gasteiger partial charge is 0.262 e. The fourth-order valence-corrected chi connectivity index (χ4v) is 1.80. The zero-order chi connectivity index (χ0) is 11.7. The lowest BCUT2D eigenvalue weighted by Gasteiger charge is -2.10. The van der Waals surface area contributed by atoms with Crippen molar-refractivity contribution in [1.29, 1.82) is 0 Å². The second kappa shape index (κ2) is 4.23. The van der Waals surface area contributed by atoms with Gasteiger partial charge in [0.1, 0.15) is 0 Å². The van der Waals surface area contributed by atoms with Crippen molar-refractivity contribution in [3.8, 4) is 0 Å². The quantitative estimate of drug-likeness (QED) is 0.806. The van der Waals surface area contributed by atoms with Gasteiger partial charge >= 0.3 is 0 Å². The highest BCUT2D eigenvalue weighted by Gasteiger charge is 2.10. The van der Waals surface area contributed by atoms with Crippen LogP contribution in [0.3, 0.4) is 0 Å². The minimum Gasteiger partial charge on any atom is -0.392 e. The van der Waals surface area contributed by atoms with Crippen molar-refractivity contribution in [3.05, 3.63) is 39.9 Å². The Morgan fingerprint density at radius 2 is 2.19 bits per heavy atom. The predicted molar refractivity (Wildman–Crippen MR) is 62.7 cm³/mol. The predicted octanol–water partition coefficient (Wildman–Crippen LogP) is 1.43. The Balaban J connectivity index is 2.71. The topological polar surface area (TPSA) is 55.1 Å². The lowest BCUT2D eigenvalue weighted by molar-refractivity contribution is 0.172. The van der Waals surface area contributed by atoms with Crippen molar-refractivity contribution in [1.82, 2.24) is 9.55 Å². The summed E-state index contributed by atoms with van der Waals surface area (Å²) in [6.07, 6.45) is -0.641. The van der Waals surface area contributed by atoms with Gasteiger partial charge in [0, 0.05) is 0 Å². The number of aromatic nitrogens is 2. The molecule has 0 saturated heterocycles. The van der Waals surface area contributed by atoms with Crippen LogP contribution in [0, 0.1) is 0 Å². The van der Waals surface area contributed by atoms with Gasteiger partial charge < -0.3 is 5.11 Å². The van der Waals surface area contributed by atoms with Crippen molar-refractivity contribution >= 4 is 22.5 Å². The van der Waals surface area contributed by atoms with Gasteiger partial charge in [0.05, 0.1) is 23.6 Å². The SMILES string of the molecule is CC(O)Cn1c(Cl)nc2ccccc2c1=O. The van der Waals surface area contributed by atoms with Crippen molar-refractivity contribution in [2.75, 3.05) is 0 Å². The third kappa shape index (κ3) is 1.94. The van der Waals surface area contributed by atoms with Crippen LogP contribution in [-0.2, 0) is 6.54 Å². The average Bonchev–Trinajstić information content (AvgIpc) is 2.24. The fraction of sp³-hybridized carbons (Fsp3) is 0.273. The van der Waals surface area contributed by atoms with E-state index < -0.39 is 6.10 Å². The van der Waals surface area contributed by atoms with Crippen molar-refractivity contribution in [2.24, 2.45) is 0 Å². The van der Waals surface area contributed by atoms with Crippen LogP contribution in [0.4, 0.5) is 0 Å². The Labute approximate surface area is 97.1 Å². The number of benzene rings is 1. The van der Waals surface area contributed by atoms with Gasteiger partial charge in [-0.2, -0.15) is 0 Å². The van der Waals surface area contributed by atoms with E-state index >= 15 is 0 Å². The van der Waals surface area contributed by atoms with E-state index in [9.17, 15) is 9.90 Å². The molecular formula is C11H11ClN2O2. The first kappa shape index (κ1) is 11.1. The van der Waals surface area contributed by atoms with E-state index in [1.54, 1.807) is 31.2 Å². The zero-order valence-electron chi connectivity index (χ0n) is 8.72. The molecule has 0 aliphatic heterocycles. The van der Waals surface area contributed by atoms with Gasteiger partial charge in [0.15, 0.2) is 0 Å². The maximum Gasteiger partial charge on any atom is 0.262 e. The summed E-state index contributed by atoms with van der Waals surface area (Å²) >= 11 is 5.89. The minimum absolute atomic E-state index is 0.101. The number of hydrogen-bond donors (Lipinski definition) is 1. The van der Waals surface area contributed by atoms with Gasteiger partial charge in [-0.3, -0.25) is 9.36 Å². The molecule has 4 nitrogen and oxygen atoms in total. The van der Waals surface area contributed by atoms with Crippen LogP contribution < -0.4 is 5.56 Å². The molecule has 16 heavy (non-hydrogen) atoms. The fourth-order valence-electron chi connectivity index (χ4n) is 1.56. The highest BCUT2D eigenvalue weighted by Crippen LogP contribution is 2.11. The zero-order valence-corrected chi connectivity index (χ0v) is 9.48. The van der Waals surface area contributed by atoms with Crippen LogP contribution in [0.15, 0.2) is 29.1 Å². The van der Waals surface area contributed by atoms with Crippen LogP contribution in [-0.4, -0.2) is 20.8 Å². The van der Waals surface area contributed by atoms with E-state index in [4.69, 9.17) is 11.6 Å². The van der Waals surface area contributed by atoms with Crippen molar-refractivity contribution in [3.63, 3.8) is 0 Å².